The third kappa shape index (κ3) is 3.80. The van der Waals surface area contributed by atoms with Crippen molar-refractivity contribution in [2.75, 3.05) is 18.0 Å². The molecule has 30 heavy (non-hydrogen) atoms. The smallest absolute Gasteiger partial charge is 0.410 e. The molecular weight excluding hydrogens is 391 g/mol. The number of amides is 1. The van der Waals surface area contributed by atoms with Crippen LogP contribution in [-0.2, 0) is 11.8 Å². The van der Waals surface area contributed by atoms with Crippen LogP contribution in [-0.4, -0.2) is 62.6 Å². The molecule has 2 fully saturated rings. The van der Waals surface area contributed by atoms with Gasteiger partial charge in [0.05, 0.1) is 11.7 Å². The van der Waals surface area contributed by atoms with E-state index in [4.69, 9.17) is 4.74 Å². The fourth-order valence-corrected chi connectivity index (χ4v) is 4.16. The van der Waals surface area contributed by atoms with E-state index in [9.17, 15) is 19.1 Å². The maximum Gasteiger partial charge on any atom is 0.410 e. The summed E-state index contributed by atoms with van der Waals surface area (Å²) >= 11 is 0. The topological polar surface area (TPSA) is 87.9 Å². The van der Waals surface area contributed by atoms with Crippen LogP contribution in [0.15, 0.2) is 12.3 Å². The van der Waals surface area contributed by atoms with Gasteiger partial charge in [-0.25, -0.2) is 14.0 Å². The number of aromatic nitrogens is 2. The second-order valence-corrected chi connectivity index (χ2v) is 9.13. The second-order valence-electron chi connectivity index (χ2n) is 9.13. The largest absolute Gasteiger partial charge is 0.478 e. The number of anilines is 1. The Balaban J connectivity index is 1.63. The fourth-order valence-electron chi connectivity index (χ4n) is 4.16. The Hall–Kier alpha value is -2.84. The van der Waals surface area contributed by atoms with Crippen LogP contribution >= 0.6 is 0 Å². The van der Waals surface area contributed by atoms with Crippen LogP contribution in [0.1, 0.15) is 50.4 Å². The number of ether oxygens (including phenoxy) is 1. The summed E-state index contributed by atoms with van der Waals surface area (Å²) in [5.41, 5.74) is -0.253. The number of hydrogen-bond donors (Lipinski definition) is 1. The van der Waals surface area contributed by atoms with Crippen molar-refractivity contribution >= 4 is 28.7 Å². The first kappa shape index (κ1) is 20.4. The normalized spacial score (nSPS) is 19.4. The summed E-state index contributed by atoms with van der Waals surface area (Å²) in [5.74, 6) is -2.15. The lowest BCUT2D eigenvalue weighted by atomic mass is 10.1. The monoisotopic (exact) mass is 418 g/mol. The number of carbonyl (C=O) groups is 2. The standard InChI is InChI=1S/C21H27FN4O4/c1-21(2,3)30-20(29)26(12-5-6-12)13-7-8-25(10-13)16-9-15(22)17(19(27)28)18-14(16)11-24(4)23-18/h9,11-13H,5-8,10H2,1-4H3,(H,27,28)/t13-/m1/s1. The maximum atomic E-state index is 14.7. The van der Waals surface area contributed by atoms with Crippen molar-refractivity contribution in [1.82, 2.24) is 14.7 Å². The highest BCUT2D eigenvalue weighted by molar-refractivity contribution is 6.06. The number of carboxylic acid groups (broad SMARTS) is 1. The third-order valence-electron chi connectivity index (χ3n) is 5.50. The second kappa shape index (κ2) is 7.14. The average Bonchev–Trinajstić information content (AvgIpc) is 3.17. The SMILES string of the molecule is Cn1cc2c(N3CC[C@@H](N(C(=O)OC(C)(C)C)C4CC4)C3)cc(F)c(C(=O)O)c2n1. The molecule has 8 nitrogen and oxygen atoms in total. The van der Waals surface area contributed by atoms with Crippen LogP contribution in [0.3, 0.4) is 0 Å². The molecule has 1 saturated carbocycles. The van der Waals surface area contributed by atoms with Gasteiger partial charge in [0.2, 0.25) is 0 Å². The van der Waals surface area contributed by atoms with Crippen LogP contribution in [0, 0.1) is 5.82 Å². The molecule has 4 rings (SSSR count). The zero-order valence-electron chi connectivity index (χ0n) is 17.7. The van der Waals surface area contributed by atoms with Gasteiger partial charge >= 0.3 is 12.1 Å². The number of fused-ring (bicyclic) bond motifs is 1. The van der Waals surface area contributed by atoms with Crippen molar-refractivity contribution in [3.05, 3.63) is 23.6 Å². The molecule has 1 aliphatic heterocycles. The zero-order chi connectivity index (χ0) is 21.8. The van der Waals surface area contributed by atoms with Crippen molar-refractivity contribution in [3.63, 3.8) is 0 Å². The van der Waals surface area contributed by atoms with E-state index in [1.54, 1.807) is 13.2 Å². The molecule has 1 saturated heterocycles. The van der Waals surface area contributed by atoms with Crippen molar-refractivity contribution in [3.8, 4) is 0 Å². The molecule has 0 radical (unpaired) electrons. The van der Waals surface area contributed by atoms with Crippen molar-refractivity contribution in [1.29, 1.82) is 0 Å². The molecule has 1 amide bonds. The molecule has 9 heteroatoms. The van der Waals surface area contributed by atoms with Gasteiger partial charge in [-0.05, 0) is 46.1 Å². The summed E-state index contributed by atoms with van der Waals surface area (Å²) in [5, 5.41) is 14.2. The Kier molecular flexibility index (Phi) is 4.86. The highest BCUT2D eigenvalue weighted by Crippen LogP contribution is 2.37. The van der Waals surface area contributed by atoms with E-state index >= 15 is 0 Å². The lowest BCUT2D eigenvalue weighted by Crippen LogP contribution is -2.46. The highest BCUT2D eigenvalue weighted by atomic mass is 19.1. The van der Waals surface area contributed by atoms with Gasteiger partial charge in [-0.1, -0.05) is 0 Å². The molecule has 2 aromatic rings. The summed E-state index contributed by atoms with van der Waals surface area (Å²) in [6.07, 6.45) is 4.06. The number of rotatable bonds is 4. The summed E-state index contributed by atoms with van der Waals surface area (Å²) < 4.78 is 21.8. The summed E-state index contributed by atoms with van der Waals surface area (Å²) in [6.45, 7) is 6.71. The molecule has 0 unspecified atom stereocenters. The molecule has 1 aromatic carbocycles. The average molecular weight is 418 g/mol. The van der Waals surface area contributed by atoms with Crippen LogP contribution < -0.4 is 4.90 Å². The van der Waals surface area contributed by atoms with E-state index in [1.165, 1.54) is 10.7 Å². The molecule has 2 heterocycles. The highest BCUT2D eigenvalue weighted by Gasteiger charge is 2.42. The van der Waals surface area contributed by atoms with Gasteiger partial charge in [0, 0.05) is 37.8 Å². The first-order chi connectivity index (χ1) is 14.0. The van der Waals surface area contributed by atoms with Crippen molar-refractivity contribution in [2.24, 2.45) is 7.05 Å². The zero-order valence-corrected chi connectivity index (χ0v) is 17.7. The number of halogens is 1. The number of nitrogens with zero attached hydrogens (tertiary/aromatic N) is 4. The summed E-state index contributed by atoms with van der Waals surface area (Å²) in [6, 6.07) is 1.42. The Bertz CT molecular complexity index is 1010. The fraction of sp³-hybridized carbons (Fsp3) is 0.571. The van der Waals surface area contributed by atoms with Gasteiger partial charge in [0.25, 0.3) is 0 Å². The number of benzene rings is 1. The first-order valence-electron chi connectivity index (χ1n) is 10.2. The van der Waals surface area contributed by atoms with Gasteiger partial charge in [0.15, 0.2) is 0 Å². The lowest BCUT2D eigenvalue weighted by Gasteiger charge is -2.32. The predicted octanol–water partition coefficient (Wildman–Crippen LogP) is 3.39. The molecule has 1 aliphatic carbocycles. The first-order valence-corrected chi connectivity index (χ1v) is 10.2. The van der Waals surface area contributed by atoms with Gasteiger partial charge in [-0.3, -0.25) is 4.68 Å². The van der Waals surface area contributed by atoms with Crippen LogP contribution in [0.2, 0.25) is 0 Å². The number of aryl methyl sites for hydroxylation is 1. The Morgan fingerprint density at radius 2 is 1.97 bits per heavy atom. The lowest BCUT2D eigenvalue weighted by molar-refractivity contribution is 0.0158. The van der Waals surface area contributed by atoms with Gasteiger partial charge < -0.3 is 19.6 Å². The molecule has 162 valence electrons. The summed E-state index contributed by atoms with van der Waals surface area (Å²) in [7, 11) is 1.68. The van der Waals surface area contributed by atoms with E-state index < -0.39 is 23.0 Å². The van der Waals surface area contributed by atoms with Crippen molar-refractivity contribution in [2.45, 2.75) is 57.7 Å². The molecule has 2 aliphatic rings. The van der Waals surface area contributed by atoms with E-state index in [1.807, 2.05) is 30.6 Å². The van der Waals surface area contributed by atoms with Crippen LogP contribution in [0.25, 0.3) is 10.9 Å². The number of hydrogen-bond acceptors (Lipinski definition) is 5. The molecule has 1 N–H and O–H groups in total. The van der Waals surface area contributed by atoms with Gasteiger partial charge in [-0.15, -0.1) is 0 Å². The van der Waals surface area contributed by atoms with Crippen molar-refractivity contribution < 1.29 is 23.8 Å². The van der Waals surface area contributed by atoms with E-state index in [0.717, 1.165) is 19.3 Å². The maximum absolute atomic E-state index is 14.7. The third-order valence-corrected chi connectivity index (χ3v) is 5.50. The van der Waals surface area contributed by atoms with Gasteiger partial charge in [0.1, 0.15) is 22.5 Å². The van der Waals surface area contributed by atoms with Crippen LogP contribution in [0.5, 0.6) is 0 Å². The Labute approximate surface area is 174 Å². The minimum Gasteiger partial charge on any atom is -0.478 e. The van der Waals surface area contributed by atoms with Crippen LogP contribution in [0.4, 0.5) is 14.9 Å². The summed E-state index contributed by atoms with van der Waals surface area (Å²) in [4.78, 5) is 28.2. The number of carbonyl (C=O) groups excluding carboxylic acids is 1. The van der Waals surface area contributed by atoms with E-state index in [-0.39, 0.29) is 23.7 Å². The molecule has 1 aromatic heterocycles. The number of aromatic carboxylic acids is 1. The van der Waals surface area contributed by atoms with E-state index in [0.29, 0.717) is 24.2 Å². The predicted molar refractivity (Wildman–Crippen MR) is 109 cm³/mol. The Morgan fingerprint density at radius 3 is 2.57 bits per heavy atom. The molecular formula is C21H27FN4O4. The Morgan fingerprint density at radius 1 is 1.27 bits per heavy atom. The minimum atomic E-state index is -1.34. The van der Waals surface area contributed by atoms with E-state index in [2.05, 4.69) is 5.10 Å². The molecule has 1 atom stereocenters. The molecule has 0 bridgehead atoms. The quantitative estimate of drug-likeness (QED) is 0.819. The van der Waals surface area contributed by atoms with Gasteiger partial charge in [-0.2, -0.15) is 5.10 Å². The number of carboxylic acids is 1. The molecule has 0 spiro atoms. The minimum absolute atomic E-state index is 0.0405.